The molecule has 0 saturated carbocycles. The van der Waals surface area contributed by atoms with E-state index in [-0.39, 0.29) is 11.7 Å². The minimum Gasteiger partial charge on any atom is -0.368 e. The molecular weight excluding hydrogens is 258 g/mol. The summed E-state index contributed by atoms with van der Waals surface area (Å²) < 4.78 is 33.2. The molecule has 1 atom stereocenters. The first-order valence-corrected chi connectivity index (χ1v) is 5.90. The zero-order valence-corrected chi connectivity index (χ0v) is 10.0. The molecule has 3 rings (SSSR count). The van der Waals surface area contributed by atoms with Crippen LogP contribution in [0.2, 0.25) is 5.02 Å². The molecule has 1 nitrogen and oxygen atoms in total. The third-order valence-corrected chi connectivity index (χ3v) is 3.27. The summed E-state index contributed by atoms with van der Waals surface area (Å²) in [6.45, 7) is 0.477. The molecule has 1 aliphatic heterocycles. The van der Waals surface area contributed by atoms with Crippen LogP contribution in [0.15, 0.2) is 36.4 Å². The highest BCUT2D eigenvalue weighted by atomic mass is 35.5. The number of rotatable bonds is 2. The Balaban J connectivity index is 2.22. The van der Waals surface area contributed by atoms with Gasteiger partial charge < -0.3 is 4.74 Å². The van der Waals surface area contributed by atoms with Gasteiger partial charge in [-0.1, -0.05) is 35.9 Å². The average molecular weight is 267 g/mol. The van der Waals surface area contributed by atoms with Crippen LogP contribution in [0, 0.1) is 11.6 Å². The van der Waals surface area contributed by atoms with Gasteiger partial charge in [0.15, 0.2) is 0 Å². The molecule has 18 heavy (non-hydrogen) atoms. The quantitative estimate of drug-likeness (QED) is 0.736. The maximum atomic E-state index is 14.3. The highest BCUT2D eigenvalue weighted by molar-refractivity contribution is 6.33. The van der Waals surface area contributed by atoms with Crippen molar-refractivity contribution in [2.75, 3.05) is 6.61 Å². The third-order valence-electron chi connectivity index (χ3n) is 2.94. The smallest absolute Gasteiger partial charge is 0.139 e. The minimum absolute atomic E-state index is 0.0893. The molecule has 1 aliphatic rings. The van der Waals surface area contributed by atoms with Crippen LogP contribution in [0.3, 0.4) is 0 Å². The highest BCUT2D eigenvalue weighted by Gasteiger charge is 2.30. The van der Waals surface area contributed by atoms with Crippen LogP contribution >= 0.6 is 11.6 Å². The Kier molecular flexibility index (Phi) is 2.80. The Hall–Kier alpha value is -1.45. The van der Waals surface area contributed by atoms with E-state index in [1.807, 2.05) is 0 Å². The summed E-state index contributed by atoms with van der Waals surface area (Å²) in [6.07, 6.45) is -0.258. The zero-order valence-electron chi connectivity index (χ0n) is 9.29. The van der Waals surface area contributed by atoms with Gasteiger partial charge in [0.05, 0.1) is 12.2 Å². The number of benzene rings is 2. The molecule has 0 aliphatic carbocycles. The third kappa shape index (κ3) is 1.89. The van der Waals surface area contributed by atoms with Gasteiger partial charge in [0.25, 0.3) is 0 Å². The molecule has 0 spiro atoms. The van der Waals surface area contributed by atoms with Gasteiger partial charge in [-0.15, -0.1) is 0 Å². The van der Waals surface area contributed by atoms with Gasteiger partial charge in [-0.3, -0.25) is 0 Å². The molecule has 1 fully saturated rings. The predicted molar refractivity (Wildman–Crippen MR) is 65.5 cm³/mol. The van der Waals surface area contributed by atoms with Gasteiger partial charge in [0, 0.05) is 16.1 Å². The molecule has 0 radical (unpaired) electrons. The Morgan fingerprint density at radius 1 is 1.11 bits per heavy atom. The van der Waals surface area contributed by atoms with Crippen molar-refractivity contribution in [2.45, 2.75) is 6.10 Å². The summed E-state index contributed by atoms with van der Waals surface area (Å²) in [4.78, 5) is 0. The van der Waals surface area contributed by atoms with Crippen LogP contribution in [0.1, 0.15) is 11.7 Å². The van der Waals surface area contributed by atoms with Crippen molar-refractivity contribution in [3.8, 4) is 11.1 Å². The number of hydrogen-bond acceptors (Lipinski definition) is 1. The van der Waals surface area contributed by atoms with Crippen molar-refractivity contribution in [2.24, 2.45) is 0 Å². The molecule has 92 valence electrons. The Morgan fingerprint density at radius 3 is 2.50 bits per heavy atom. The summed E-state index contributed by atoms with van der Waals surface area (Å²) in [5, 5.41) is 0.323. The summed E-state index contributed by atoms with van der Waals surface area (Å²) in [5.41, 5.74) is 0.650. The van der Waals surface area contributed by atoms with Gasteiger partial charge in [0.2, 0.25) is 0 Å². The summed E-state index contributed by atoms with van der Waals surface area (Å²) in [5.74, 6) is -1.21. The topological polar surface area (TPSA) is 12.5 Å². The van der Waals surface area contributed by atoms with Crippen molar-refractivity contribution in [1.29, 1.82) is 0 Å². The fourth-order valence-corrected chi connectivity index (χ4v) is 2.19. The van der Waals surface area contributed by atoms with Gasteiger partial charge in [-0.05, 0) is 12.1 Å². The van der Waals surface area contributed by atoms with Gasteiger partial charge in [-0.2, -0.15) is 0 Å². The molecule has 2 aromatic rings. The molecule has 0 unspecified atom stereocenters. The second-order valence-corrected chi connectivity index (χ2v) is 4.53. The van der Waals surface area contributed by atoms with E-state index < -0.39 is 11.6 Å². The van der Waals surface area contributed by atoms with E-state index in [2.05, 4.69) is 0 Å². The van der Waals surface area contributed by atoms with Crippen molar-refractivity contribution in [1.82, 2.24) is 0 Å². The Labute approximate surface area is 108 Å². The van der Waals surface area contributed by atoms with Crippen molar-refractivity contribution >= 4 is 11.6 Å². The summed E-state index contributed by atoms with van der Waals surface area (Å²) in [7, 11) is 0. The van der Waals surface area contributed by atoms with Crippen LogP contribution in [0.25, 0.3) is 11.1 Å². The van der Waals surface area contributed by atoms with E-state index >= 15 is 0 Å². The van der Waals surface area contributed by atoms with E-state index in [9.17, 15) is 8.78 Å². The molecular formula is C14H9ClF2O. The SMILES string of the molecule is Fc1ccc([C@@H]2CO2)c(F)c1-c1ccccc1Cl. The van der Waals surface area contributed by atoms with Crippen LogP contribution in [0.5, 0.6) is 0 Å². The second kappa shape index (κ2) is 4.34. The highest BCUT2D eigenvalue weighted by Crippen LogP contribution is 2.38. The van der Waals surface area contributed by atoms with Gasteiger partial charge in [0.1, 0.15) is 17.7 Å². The monoisotopic (exact) mass is 266 g/mol. The molecule has 2 aromatic carbocycles. The summed E-state index contributed by atoms with van der Waals surface area (Å²) in [6, 6.07) is 9.29. The number of hydrogen-bond donors (Lipinski definition) is 0. The standard InChI is InChI=1S/C14H9ClF2O/c15-10-4-2-1-3-8(10)13-11(16)6-5-9(14(13)17)12-7-18-12/h1-6,12H,7H2/t12-/m0/s1. The Morgan fingerprint density at radius 2 is 1.83 bits per heavy atom. The first kappa shape index (κ1) is 11.6. The lowest BCUT2D eigenvalue weighted by Crippen LogP contribution is -1.96. The summed E-state index contributed by atoms with van der Waals surface area (Å²) >= 11 is 5.99. The van der Waals surface area contributed by atoms with E-state index in [0.717, 1.165) is 0 Å². The molecule has 1 heterocycles. The molecule has 0 bridgehead atoms. The second-order valence-electron chi connectivity index (χ2n) is 4.13. The molecule has 1 saturated heterocycles. The maximum absolute atomic E-state index is 14.3. The van der Waals surface area contributed by atoms with Gasteiger partial charge >= 0.3 is 0 Å². The predicted octanol–water partition coefficient (Wildman–Crippen LogP) is 4.36. The fourth-order valence-electron chi connectivity index (χ4n) is 1.96. The molecule has 4 heteroatoms. The molecule has 0 aromatic heterocycles. The lowest BCUT2D eigenvalue weighted by atomic mass is 10.00. The van der Waals surface area contributed by atoms with Crippen LogP contribution < -0.4 is 0 Å². The van der Waals surface area contributed by atoms with E-state index in [1.54, 1.807) is 24.3 Å². The number of epoxide rings is 1. The minimum atomic E-state index is -0.620. The zero-order chi connectivity index (χ0) is 12.7. The fraction of sp³-hybridized carbons (Fsp3) is 0.143. The lowest BCUT2D eigenvalue weighted by Gasteiger charge is -2.10. The lowest BCUT2D eigenvalue weighted by molar-refractivity contribution is 0.407. The van der Waals surface area contributed by atoms with E-state index in [1.165, 1.54) is 12.1 Å². The number of halogens is 3. The van der Waals surface area contributed by atoms with Crippen LogP contribution in [-0.2, 0) is 4.74 Å². The van der Waals surface area contributed by atoms with Crippen LogP contribution in [-0.4, -0.2) is 6.61 Å². The largest absolute Gasteiger partial charge is 0.368 e. The first-order chi connectivity index (χ1) is 8.68. The maximum Gasteiger partial charge on any atom is 0.139 e. The van der Waals surface area contributed by atoms with Crippen molar-refractivity contribution in [3.05, 3.63) is 58.6 Å². The number of ether oxygens (including phenoxy) is 1. The van der Waals surface area contributed by atoms with Crippen LogP contribution in [0.4, 0.5) is 8.78 Å². The molecule has 0 N–H and O–H groups in total. The first-order valence-electron chi connectivity index (χ1n) is 5.53. The van der Waals surface area contributed by atoms with Crippen molar-refractivity contribution in [3.63, 3.8) is 0 Å². The Bertz CT molecular complexity index is 609. The average Bonchev–Trinajstić information content (AvgIpc) is 3.16. The molecule has 0 amide bonds. The van der Waals surface area contributed by atoms with Gasteiger partial charge in [-0.25, -0.2) is 8.78 Å². The van der Waals surface area contributed by atoms with E-state index in [4.69, 9.17) is 16.3 Å². The van der Waals surface area contributed by atoms with Crippen molar-refractivity contribution < 1.29 is 13.5 Å². The van der Waals surface area contributed by atoms with E-state index in [0.29, 0.717) is 22.8 Å². The normalized spacial score (nSPS) is 17.8.